The average molecular weight is 313 g/mol. The second-order valence-corrected chi connectivity index (χ2v) is 7.69. The topological polar surface area (TPSA) is 84.2 Å². The van der Waals surface area contributed by atoms with Crippen LogP contribution in [0.15, 0.2) is 23.1 Å². The van der Waals surface area contributed by atoms with Gasteiger partial charge in [0.15, 0.2) is 0 Å². The van der Waals surface area contributed by atoms with Crippen molar-refractivity contribution in [3.8, 4) is 0 Å². The number of nitrogens with one attached hydrogen (secondary N) is 2. The van der Waals surface area contributed by atoms with E-state index in [0.717, 1.165) is 18.0 Å². The Morgan fingerprint density at radius 3 is 2.38 bits per heavy atom. The molecule has 4 N–H and O–H groups in total. The van der Waals surface area contributed by atoms with Gasteiger partial charge in [-0.1, -0.05) is 26.7 Å². The third-order valence-electron chi connectivity index (χ3n) is 3.40. The molecule has 5 nitrogen and oxygen atoms in total. The molecule has 0 heterocycles. The quantitative estimate of drug-likeness (QED) is 0.644. The SMILES string of the molecule is CNS(=O)(=O)c1ccc(NC(C)CCCC(C)C)cc1N. The molecule has 0 aliphatic heterocycles. The summed E-state index contributed by atoms with van der Waals surface area (Å²) in [6.45, 7) is 6.56. The molecular formula is C15H27N3O2S. The van der Waals surface area contributed by atoms with Crippen LogP contribution in [0.1, 0.15) is 40.0 Å². The summed E-state index contributed by atoms with van der Waals surface area (Å²) in [6.07, 6.45) is 3.47. The van der Waals surface area contributed by atoms with E-state index in [2.05, 4.69) is 30.8 Å². The van der Waals surface area contributed by atoms with Crippen LogP contribution >= 0.6 is 0 Å². The number of sulfonamides is 1. The van der Waals surface area contributed by atoms with Gasteiger partial charge in [0.2, 0.25) is 10.0 Å². The van der Waals surface area contributed by atoms with Crippen molar-refractivity contribution in [1.29, 1.82) is 0 Å². The van der Waals surface area contributed by atoms with Gasteiger partial charge in [-0.25, -0.2) is 13.1 Å². The fourth-order valence-corrected chi connectivity index (χ4v) is 3.02. The Morgan fingerprint density at radius 1 is 1.19 bits per heavy atom. The van der Waals surface area contributed by atoms with Gasteiger partial charge in [0.05, 0.1) is 5.69 Å². The van der Waals surface area contributed by atoms with Gasteiger partial charge >= 0.3 is 0 Å². The van der Waals surface area contributed by atoms with Crippen LogP contribution in [-0.4, -0.2) is 21.5 Å². The lowest BCUT2D eigenvalue weighted by Crippen LogP contribution is -2.20. The molecule has 0 radical (unpaired) electrons. The van der Waals surface area contributed by atoms with E-state index in [-0.39, 0.29) is 10.6 Å². The predicted octanol–water partition coefficient (Wildman–Crippen LogP) is 2.80. The van der Waals surface area contributed by atoms with Crippen LogP contribution in [0.3, 0.4) is 0 Å². The van der Waals surface area contributed by atoms with E-state index in [1.54, 1.807) is 12.1 Å². The molecule has 0 amide bonds. The van der Waals surface area contributed by atoms with Crippen molar-refractivity contribution in [3.63, 3.8) is 0 Å². The van der Waals surface area contributed by atoms with Crippen molar-refractivity contribution >= 4 is 21.4 Å². The number of hydrogen-bond acceptors (Lipinski definition) is 4. The highest BCUT2D eigenvalue weighted by atomic mass is 32.2. The monoisotopic (exact) mass is 313 g/mol. The Bertz CT molecular complexity index is 556. The molecule has 21 heavy (non-hydrogen) atoms. The van der Waals surface area contributed by atoms with Crippen molar-refractivity contribution in [1.82, 2.24) is 4.72 Å². The Hall–Kier alpha value is -1.27. The summed E-state index contributed by atoms with van der Waals surface area (Å²) in [6, 6.07) is 5.28. The lowest BCUT2D eigenvalue weighted by Gasteiger charge is -2.17. The summed E-state index contributed by atoms with van der Waals surface area (Å²) < 4.78 is 25.8. The molecule has 0 saturated carbocycles. The van der Waals surface area contributed by atoms with Crippen molar-refractivity contribution in [2.24, 2.45) is 5.92 Å². The highest BCUT2D eigenvalue weighted by molar-refractivity contribution is 7.89. The van der Waals surface area contributed by atoms with Crippen molar-refractivity contribution in [2.75, 3.05) is 18.1 Å². The van der Waals surface area contributed by atoms with Crippen LogP contribution in [0, 0.1) is 5.92 Å². The molecule has 1 atom stereocenters. The van der Waals surface area contributed by atoms with Crippen LogP contribution < -0.4 is 15.8 Å². The van der Waals surface area contributed by atoms with Gasteiger partial charge in [-0.2, -0.15) is 0 Å². The van der Waals surface area contributed by atoms with Crippen LogP contribution in [-0.2, 0) is 10.0 Å². The summed E-state index contributed by atoms with van der Waals surface area (Å²) in [5.74, 6) is 0.721. The van der Waals surface area contributed by atoms with E-state index in [0.29, 0.717) is 6.04 Å². The van der Waals surface area contributed by atoms with E-state index in [9.17, 15) is 8.42 Å². The summed E-state index contributed by atoms with van der Waals surface area (Å²) in [4.78, 5) is 0.114. The maximum absolute atomic E-state index is 11.7. The van der Waals surface area contributed by atoms with Crippen molar-refractivity contribution < 1.29 is 8.42 Å². The molecule has 120 valence electrons. The Kier molecular flexibility index (Phi) is 6.48. The molecule has 1 aromatic carbocycles. The zero-order chi connectivity index (χ0) is 16.0. The molecule has 1 unspecified atom stereocenters. The largest absolute Gasteiger partial charge is 0.398 e. The third kappa shape index (κ3) is 5.55. The zero-order valence-electron chi connectivity index (χ0n) is 13.3. The third-order valence-corrected chi connectivity index (χ3v) is 4.89. The van der Waals surface area contributed by atoms with Crippen molar-refractivity contribution in [2.45, 2.75) is 51.0 Å². The summed E-state index contributed by atoms with van der Waals surface area (Å²) in [5.41, 5.74) is 6.94. The maximum atomic E-state index is 11.7. The second-order valence-electron chi connectivity index (χ2n) is 5.83. The second kappa shape index (κ2) is 7.66. The first-order valence-corrected chi connectivity index (χ1v) is 8.84. The van der Waals surface area contributed by atoms with E-state index in [1.165, 1.54) is 26.0 Å². The molecule has 0 bridgehead atoms. The van der Waals surface area contributed by atoms with Gasteiger partial charge in [-0.05, 0) is 44.5 Å². The Labute approximate surface area is 128 Å². The van der Waals surface area contributed by atoms with Crippen LogP contribution in [0.2, 0.25) is 0 Å². The molecule has 6 heteroatoms. The summed E-state index contributed by atoms with van der Waals surface area (Å²) in [5, 5.41) is 3.36. The fourth-order valence-electron chi connectivity index (χ4n) is 2.18. The molecule has 0 aromatic heterocycles. The lowest BCUT2D eigenvalue weighted by atomic mass is 10.0. The predicted molar refractivity (Wildman–Crippen MR) is 88.9 cm³/mol. The molecular weight excluding hydrogens is 286 g/mol. The van der Waals surface area contributed by atoms with Gasteiger partial charge in [-0.15, -0.1) is 0 Å². The van der Waals surface area contributed by atoms with E-state index in [1.807, 2.05) is 0 Å². The number of anilines is 2. The van der Waals surface area contributed by atoms with E-state index in [4.69, 9.17) is 5.73 Å². The maximum Gasteiger partial charge on any atom is 0.242 e. The first-order chi connectivity index (χ1) is 9.76. The van der Waals surface area contributed by atoms with Crippen molar-refractivity contribution in [3.05, 3.63) is 18.2 Å². The first kappa shape index (κ1) is 17.8. The number of nitrogen functional groups attached to an aromatic ring is 1. The minimum absolute atomic E-state index is 0.114. The fraction of sp³-hybridized carbons (Fsp3) is 0.600. The molecule has 0 fully saturated rings. The van der Waals surface area contributed by atoms with Gasteiger partial charge in [0, 0.05) is 11.7 Å². The van der Waals surface area contributed by atoms with Gasteiger partial charge in [0.25, 0.3) is 0 Å². The van der Waals surface area contributed by atoms with Crippen LogP contribution in [0.25, 0.3) is 0 Å². The highest BCUT2D eigenvalue weighted by Crippen LogP contribution is 2.23. The molecule has 0 aliphatic carbocycles. The van der Waals surface area contributed by atoms with Gasteiger partial charge in [0.1, 0.15) is 4.90 Å². The van der Waals surface area contributed by atoms with Gasteiger partial charge in [-0.3, -0.25) is 0 Å². The molecule has 1 rings (SSSR count). The lowest BCUT2D eigenvalue weighted by molar-refractivity contribution is 0.520. The van der Waals surface area contributed by atoms with Gasteiger partial charge < -0.3 is 11.1 Å². The molecule has 1 aromatic rings. The molecule has 0 spiro atoms. The van der Waals surface area contributed by atoms with Crippen LogP contribution in [0.4, 0.5) is 11.4 Å². The summed E-state index contributed by atoms with van der Waals surface area (Å²) in [7, 11) is -2.13. The average Bonchev–Trinajstić information content (AvgIpc) is 2.38. The zero-order valence-corrected chi connectivity index (χ0v) is 14.1. The minimum atomic E-state index is -3.50. The number of nitrogens with two attached hydrogens (primary N) is 1. The standard InChI is InChI=1S/C15H27N3O2S/c1-11(2)6-5-7-12(3)18-13-8-9-15(14(16)10-13)21(19,20)17-4/h8-12,17-18H,5-7,16H2,1-4H3. The number of rotatable bonds is 8. The highest BCUT2D eigenvalue weighted by Gasteiger charge is 2.15. The summed E-state index contributed by atoms with van der Waals surface area (Å²) >= 11 is 0. The molecule has 0 aliphatic rings. The van der Waals surface area contributed by atoms with E-state index >= 15 is 0 Å². The number of benzene rings is 1. The minimum Gasteiger partial charge on any atom is -0.398 e. The Balaban J connectivity index is 2.68. The normalized spacial score (nSPS) is 13.4. The van der Waals surface area contributed by atoms with Crippen LogP contribution in [0.5, 0.6) is 0 Å². The smallest absolute Gasteiger partial charge is 0.242 e. The Morgan fingerprint density at radius 2 is 1.86 bits per heavy atom. The molecule has 0 saturated heterocycles. The first-order valence-electron chi connectivity index (χ1n) is 7.36. The van der Waals surface area contributed by atoms with E-state index < -0.39 is 10.0 Å². The number of hydrogen-bond donors (Lipinski definition) is 3.